The van der Waals surface area contributed by atoms with Crippen LogP contribution in [0.4, 0.5) is 11.5 Å². The number of aryl methyl sites for hydroxylation is 1. The SMILES string of the molecule is CCCNc1cnc(CN(C)c2ccccc2C)cn1. The summed E-state index contributed by atoms with van der Waals surface area (Å²) in [7, 11) is 2.08. The molecule has 0 amide bonds. The lowest BCUT2D eigenvalue weighted by Crippen LogP contribution is -2.18. The molecular formula is C16H22N4. The first-order chi connectivity index (χ1) is 9.70. The predicted octanol–water partition coefficient (Wildman–Crippen LogP) is 3.24. The molecule has 0 saturated heterocycles. The molecular weight excluding hydrogens is 248 g/mol. The quantitative estimate of drug-likeness (QED) is 0.875. The van der Waals surface area contributed by atoms with Crippen molar-refractivity contribution >= 4 is 11.5 Å². The van der Waals surface area contributed by atoms with Crippen LogP contribution in [0.25, 0.3) is 0 Å². The van der Waals surface area contributed by atoms with E-state index in [4.69, 9.17) is 0 Å². The monoisotopic (exact) mass is 270 g/mol. The summed E-state index contributed by atoms with van der Waals surface area (Å²) in [5.74, 6) is 0.842. The third-order valence-electron chi connectivity index (χ3n) is 3.19. The molecule has 1 heterocycles. The van der Waals surface area contributed by atoms with Crippen molar-refractivity contribution in [2.75, 3.05) is 23.8 Å². The van der Waals surface area contributed by atoms with Crippen LogP contribution in [0, 0.1) is 6.92 Å². The van der Waals surface area contributed by atoms with E-state index in [0.29, 0.717) is 0 Å². The van der Waals surface area contributed by atoms with E-state index in [1.807, 2.05) is 6.20 Å². The van der Waals surface area contributed by atoms with Gasteiger partial charge in [-0.3, -0.25) is 4.98 Å². The molecule has 0 radical (unpaired) electrons. The topological polar surface area (TPSA) is 41.1 Å². The molecule has 0 unspecified atom stereocenters. The van der Waals surface area contributed by atoms with Gasteiger partial charge in [0.05, 0.1) is 24.6 Å². The molecule has 1 N–H and O–H groups in total. The summed E-state index contributed by atoms with van der Waals surface area (Å²) >= 11 is 0. The van der Waals surface area contributed by atoms with E-state index in [1.165, 1.54) is 11.3 Å². The fourth-order valence-corrected chi connectivity index (χ4v) is 2.10. The standard InChI is InChI=1S/C16H22N4/c1-4-9-17-16-11-18-14(10-19-16)12-20(3)15-8-6-5-7-13(15)2/h5-8,10-11H,4,9,12H2,1-3H3,(H,17,19). The number of hydrogen-bond acceptors (Lipinski definition) is 4. The average Bonchev–Trinajstić information content (AvgIpc) is 2.47. The lowest BCUT2D eigenvalue weighted by atomic mass is 10.2. The van der Waals surface area contributed by atoms with Crippen molar-refractivity contribution in [3.63, 3.8) is 0 Å². The van der Waals surface area contributed by atoms with Crippen LogP contribution < -0.4 is 10.2 Å². The molecule has 2 rings (SSSR count). The van der Waals surface area contributed by atoms with Crippen LogP contribution in [0.2, 0.25) is 0 Å². The minimum atomic E-state index is 0.756. The number of aromatic nitrogens is 2. The molecule has 0 aliphatic rings. The number of benzene rings is 1. The van der Waals surface area contributed by atoms with Crippen LogP contribution in [-0.4, -0.2) is 23.6 Å². The van der Waals surface area contributed by atoms with E-state index in [2.05, 4.69) is 65.3 Å². The maximum Gasteiger partial charge on any atom is 0.144 e. The Balaban J connectivity index is 2.01. The molecule has 0 aliphatic heterocycles. The smallest absolute Gasteiger partial charge is 0.144 e. The van der Waals surface area contributed by atoms with E-state index < -0.39 is 0 Å². The summed E-state index contributed by atoms with van der Waals surface area (Å²) in [6, 6.07) is 8.36. The van der Waals surface area contributed by atoms with E-state index in [9.17, 15) is 0 Å². The molecule has 0 bridgehead atoms. The van der Waals surface area contributed by atoms with Crippen molar-refractivity contribution in [1.82, 2.24) is 9.97 Å². The summed E-state index contributed by atoms with van der Waals surface area (Å²) in [5.41, 5.74) is 3.46. The average molecular weight is 270 g/mol. The minimum Gasteiger partial charge on any atom is -0.369 e. The Labute approximate surface area is 120 Å². The lowest BCUT2D eigenvalue weighted by Gasteiger charge is -2.20. The Morgan fingerprint density at radius 3 is 2.60 bits per heavy atom. The maximum absolute atomic E-state index is 4.46. The van der Waals surface area contributed by atoms with Gasteiger partial charge in [-0.25, -0.2) is 4.98 Å². The molecule has 0 saturated carbocycles. The fourth-order valence-electron chi connectivity index (χ4n) is 2.10. The number of rotatable bonds is 6. The molecule has 0 fully saturated rings. The summed E-state index contributed by atoms with van der Waals surface area (Å²) in [4.78, 5) is 11.0. The van der Waals surface area contributed by atoms with E-state index in [-0.39, 0.29) is 0 Å². The largest absolute Gasteiger partial charge is 0.369 e. The molecule has 2 aromatic rings. The first-order valence-corrected chi connectivity index (χ1v) is 7.02. The van der Waals surface area contributed by atoms with Gasteiger partial charge in [0.1, 0.15) is 5.82 Å². The second-order valence-corrected chi connectivity index (χ2v) is 4.96. The normalized spacial score (nSPS) is 10.3. The summed E-state index contributed by atoms with van der Waals surface area (Å²) in [6.07, 6.45) is 4.73. The van der Waals surface area contributed by atoms with Gasteiger partial charge in [0.2, 0.25) is 0 Å². The lowest BCUT2D eigenvalue weighted by molar-refractivity contribution is 0.867. The number of para-hydroxylation sites is 1. The Kier molecular flexibility index (Phi) is 4.93. The van der Waals surface area contributed by atoms with Crippen LogP contribution in [-0.2, 0) is 6.54 Å². The highest BCUT2D eigenvalue weighted by Crippen LogP contribution is 2.19. The highest BCUT2D eigenvalue weighted by molar-refractivity contribution is 5.52. The Morgan fingerprint density at radius 2 is 1.95 bits per heavy atom. The second kappa shape index (κ2) is 6.89. The van der Waals surface area contributed by atoms with E-state index >= 15 is 0 Å². The summed E-state index contributed by atoms with van der Waals surface area (Å²) in [5, 5.41) is 3.23. The number of nitrogens with zero attached hydrogens (tertiary/aromatic N) is 3. The molecule has 1 aromatic heterocycles. The molecule has 1 aromatic carbocycles. The number of anilines is 2. The van der Waals surface area contributed by atoms with Gasteiger partial charge >= 0.3 is 0 Å². The van der Waals surface area contributed by atoms with Gasteiger partial charge in [0.25, 0.3) is 0 Å². The van der Waals surface area contributed by atoms with Crippen LogP contribution in [0.3, 0.4) is 0 Å². The summed E-state index contributed by atoms with van der Waals surface area (Å²) < 4.78 is 0. The number of hydrogen-bond donors (Lipinski definition) is 1. The van der Waals surface area contributed by atoms with Crippen molar-refractivity contribution in [1.29, 1.82) is 0 Å². The van der Waals surface area contributed by atoms with Crippen molar-refractivity contribution in [2.45, 2.75) is 26.8 Å². The van der Waals surface area contributed by atoms with Gasteiger partial charge in [-0.2, -0.15) is 0 Å². The molecule has 4 heteroatoms. The zero-order valence-corrected chi connectivity index (χ0v) is 12.4. The second-order valence-electron chi connectivity index (χ2n) is 4.96. The molecule has 4 nitrogen and oxygen atoms in total. The zero-order valence-electron chi connectivity index (χ0n) is 12.4. The molecule has 20 heavy (non-hydrogen) atoms. The van der Waals surface area contributed by atoms with Crippen LogP contribution in [0.15, 0.2) is 36.7 Å². The van der Waals surface area contributed by atoms with Gasteiger partial charge < -0.3 is 10.2 Å². The van der Waals surface area contributed by atoms with Crippen LogP contribution in [0.5, 0.6) is 0 Å². The Bertz CT molecular complexity index is 536. The zero-order chi connectivity index (χ0) is 14.4. The molecule has 0 atom stereocenters. The first-order valence-electron chi connectivity index (χ1n) is 7.02. The van der Waals surface area contributed by atoms with Gasteiger partial charge in [-0.15, -0.1) is 0 Å². The molecule has 0 aliphatic carbocycles. The van der Waals surface area contributed by atoms with E-state index in [0.717, 1.165) is 31.0 Å². The van der Waals surface area contributed by atoms with E-state index in [1.54, 1.807) is 6.20 Å². The fraction of sp³-hybridized carbons (Fsp3) is 0.375. The van der Waals surface area contributed by atoms with Crippen LogP contribution in [0.1, 0.15) is 24.6 Å². The van der Waals surface area contributed by atoms with Crippen molar-refractivity contribution in [3.8, 4) is 0 Å². The van der Waals surface area contributed by atoms with Crippen molar-refractivity contribution in [3.05, 3.63) is 47.9 Å². The minimum absolute atomic E-state index is 0.756. The third kappa shape index (κ3) is 3.70. The first kappa shape index (κ1) is 14.3. The third-order valence-corrected chi connectivity index (χ3v) is 3.19. The van der Waals surface area contributed by atoms with Crippen LogP contribution >= 0.6 is 0 Å². The van der Waals surface area contributed by atoms with Gasteiger partial charge in [-0.05, 0) is 25.0 Å². The maximum atomic E-state index is 4.46. The van der Waals surface area contributed by atoms with Gasteiger partial charge in [-0.1, -0.05) is 25.1 Å². The number of nitrogens with one attached hydrogen (secondary N) is 1. The summed E-state index contributed by atoms with van der Waals surface area (Å²) in [6.45, 7) is 5.93. The van der Waals surface area contributed by atoms with Gasteiger partial charge in [0, 0.05) is 19.3 Å². The predicted molar refractivity (Wildman–Crippen MR) is 84.1 cm³/mol. The van der Waals surface area contributed by atoms with Gasteiger partial charge in [0.15, 0.2) is 0 Å². The van der Waals surface area contributed by atoms with Crippen molar-refractivity contribution in [2.24, 2.45) is 0 Å². The highest BCUT2D eigenvalue weighted by atomic mass is 15.1. The molecule has 106 valence electrons. The Morgan fingerprint density at radius 1 is 1.15 bits per heavy atom. The Hall–Kier alpha value is -2.10. The highest BCUT2D eigenvalue weighted by Gasteiger charge is 2.06. The van der Waals surface area contributed by atoms with Crippen molar-refractivity contribution < 1.29 is 0 Å². The molecule has 0 spiro atoms.